The van der Waals surface area contributed by atoms with Crippen molar-refractivity contribution in [2.45, 2.75) is 40.0 Å². The molecule has 0 aromatic carbocycles. The lowest BCUT2D eigenvalue weighted by atomic mass is 10.1. The minimum atomic E-state index is 0.533. The van der Waals surface area contributed by atoms with E-state index in [0.29, 0.717) is 5.92 Å². The zero-order valence-corrected chi connectivity index (χ0v) is 11.6. The number of nitrogens with zero attached hydrogens (tertiary/aromatic N) is 2. The summed E-state index contributed by atoms with van der Waals surface area (Å²) in [7, 11) is 0. The summed E-state index contributed by atoms with van der Waals surface area (Å²) in [5, 5.41) is 3.20. The Morgan fingerprint density at radius 1 is 1.35 bits per heavy atom. The van der Waals surface area contributed by atoms with E-state index < -0.39 is 0 Å². The van der Waals surface area contributed by atoms with Crippen molar-refractivity contribution in [2.75, 3.05) is 0 Å². The largest absolute Gasteiger partial charge is 0.253 e. The maximum atomic E-state index is 4.70. The maximum Gasteiger partial charge on any atom is 0.142 e. The minimum absolute atomic E-state index is 0.533. The molecule has 1 unspecified atom stereocenters. The summed E-state index contributed by atoms with van der Waals surface area (Å²) in [6, 6.07) is 2.16. The molecule has 0 radical (unpaired) electrons. The average Bonchev–Trinajstić information content (AvgIpc) is 2.77. The molecule has 90 valence electrons. The van der Waals surface area contributed by atoms with Crippen LogP contribution in [0.1, 0.15) is 43.0 Å². The smallest absolute Gasteiger partial charge is 0.142 e. The standard InChI is InChI=1S/C14H18N2S/c1-5-10(3)12-8-17-14(16-12)13-11(4)6-9(2)7-15-13/h6-8,10H,5H2,1-4H3. The molecule has 3 heteroatoms. The van der Waals surface area contributed by atoms with Crippen molar-refractivity contribution >= 4 is 11.3 Å². The van der Waals surface area contributed by atoms with Crippen LogP contribution in [0.5, 0.6) is 0 Å². The topological polar surface area (TPSA) is 25.8 Å². The van der Waals surface area contributed by atoms with Gasteiger partial charge in [-0.15, -0.1) is 11.3 Å². The van der Waals surface area contributed by atoms with E-state index in [4.69, 9.17) is 4.98 Å². The van der Waals surface area contributed by atoms with Gasteiger partial charge in [-0.3, -0.25) is 4.98 Å². The molecule has 0 N–H and O–H groups in total. The van der Waals surface area contributed by atoms with E-state index in [2.05, 4.69) is 44.1 Å². The van der Waals surface area contributed by atoms with Gasteiger partial charge in [-0.1, -0.05) is 19.9 Å². The van der Waals surface area contributed by atoms with Crippen molar-refractivity contribution in [1.82, 2.24) is 9.97 Å². The SMILES string of the molecule is CCC(C)c1csc(-c2ncc(C)cc2C)n1. The van der Waals surface area contributed by atoms with E-state index in [1.165, 1.54) is 16.8 Å². The number of thiazole rings is 1. The van der Waals surface area contributed by atoms with E-state index in [9.17, 15) is 0 Å². The molecule has 0 fully saturated rings. The first-order chi connectivity index (χ1) is 8.11. The molecular weight excluding hydrogens is 228 g/mol. The fraction of sp³-hybridized carbons (Fsp3) is 0.429. The van der Waals surface area contributed by atoms with Gasteiger partial charge in [-0.25, -0.2) is 4.98 Å². The molecule has 2 rings (SSSR count). The monoisotopic (exact) mass is 246 g/mol. The van der Waals surface area contributed by atoms with Crippen LogP contribution in [0.2, 0.25) is 0 Å². The highest BCUT2D eigenvalue weighted by Crippen LogP contribution is 2.28. The molecule has 2 nitrogen and oxygen atoms in total. The molecule has 2 aromatic heterocycles. The van der Waals surface area contributed by atoms with Crippen LogP contribution in [0.4, 0.5) is 0 Å². The van der Waals surface area contributed by atoms with Crippen LogP contribution in [0, 0.1) is 13.8 Å². The fourth-order valence-electron chi connectivity index (χ4n) is 1.77. The molecule has 17 heavy (non-hydrogen) atoms. The third-order valence-electron chi connectivity index (χ3n) is 3.06. The summed E-state index contributed by atoms with van der Waals surface area (Å²) >= 11 is 1.69. The van der Waals surface area contributed by atoms with Gasteiger partial charge >= 0.3 is 0 Å². The predicted molar refractivity (Wildman–Crippen MR) is 73.5 cm³/mol. The molecule has 2 heterocycles. The highest BCUT2D eigenvalue weighted by Gasteiger charge is 2.12. The summed E-state index contributed by atoms with van der Waals surface area (Å²) in [5.41, 5.74) is 4.62. The summed E-state index contributed by atoms with van der Waals surface area (Å²) < 4.78 is 0. The summed E-state index contributed by atoms with van der Waals surface area (Å²) in [4.78, 5) is 9.19. The van der Waals surface area contributed by atoms with Crippen molar-refractivity contribution in [2.24, 2.45) is 0 Å². The van der Waals surface area contributed by atoms with Crippen molar-refractivity contribution in [3.63, 3.8) is 0 Å². The lowest BCUT2D eigenvalue weighted by molar-refractivity contribution is 0.714. The Labute approximate surface area is 107 Å². The highest BCUT2D eigenvalue weighted by atomic mass is 32.1. The van der Waals surface area contributed by atoms with Crippen LogP contribution in [0.3, 0.4) is 0 Å². The van der Waals surface area contributed by atoms with Crippen molar-refractivity contribution in [3.8, 4) is 10.7 Å². The van der Waals surface area contributed by atoms with Gasteiger partial charge in [0.2, 0.25) is 0 Å². The molecule has 0 aliphatic rings. The van der Waals surface area contributed by atoms with Gasteiger partial charge in [-0.2, -0.15) is 0 Å². The van der Waals surface area contributed by atoms with Crippen LogP contribution >= 0.6 is 11.3 Å². The normalized spacial score (nSPS) is 12.7. The Morgan fingerprint density at radius 3 is 2.76 bits per heavy atom. The number of hydrogen-bond donors (Lipinski definition) is 0. The third-order valence-corrected chi connectivity index (χ3v) is 3.92. The van der Waals surface area contributed by atoms with Crippen LogP contribution in [-0.2, 0) is 0 Å². The maximum absolute atomic E-state index is 4.70. The first-order valence-corrected chi connectivity index (χ1v) is 6.88. The lowest BCUT2D eigenvalue weighted by Crippen LogP contribution is -1.93. The van der Waals surface area contributed by atoms with Gasteiger partial charge in [-0.05, 0) is 37.3 Å². The van der Waals surface area contributed by atoms with Crippen LogP contribution in [0.15, 0.2) is 17.6 Å². The van der Waals surface area contributed by atoms with Gasteiger partial charge in [0.15, 0.2) is 0 Å². The Hall–Kier alpha value is -1.22. The summed E-state index contributed by atoms with van der Waals surface area (Å²) in [5.74, 6) is 0.533. The van der Waals surface area contributed by atoms with Gasteiger partial charge < -0.3 is 0 Å². The van der Waals surface area contributed by atoms with Gasteiger partial charge in [0.05, 0.1) is 5.69 Å². The second-order valence-corrected chi connectivity index (χ2v) is 5.42. The van der Waals surface area contributed by atoms with E-state index in [0.717, 1.165) is 17.1 Å². The number of rotatable bonds is 3. The van der Waals surface area contributed by atoms with Gasteiger partial charge in [0, 0.05) is 11.6 Å². The summed E-state index contributed by atoms with van der Waals surface area (Å²) in [6.45, 7) is 8.57. The number of aromatic nitrogens is 2. The van der Waals surface area contributed by atoms with Crippen molar-refractivity contribution in [3.05, 3.63) is 34.5 Å². The molecule has 0 aliphatic carbocycles. The molecule has 0 bridgehead atoms. The van der Waals surface area contributed by atoms with E-state index in [1.54, 1.807) is 11.3 Å². The quantitative estimate of drug-likeness (QED) is 0.805. The van der Waals surface area contributed by atoms with Crippen molar-refractivity contribution in [1.29, 1.82) is 0 Å². The Bertz CT molecular complexity index is 517. The molecule has 0 saturated carbocycles. The Kier molecular flexibility index (Phi) is 3.57. The van der Waals surface area contributed by atoms with Crippen molar-refractivity contribution < 1.29 is 0 Å². The van der Waals surface area contributed by atoms with Crippen LogP contribution < -0.4 is 0 Å². The lowest BCUT2D eigenvalue weighted by Gasteiger charge is -2.04. The fourth-order valence-corrected chi connectivity index (χ4v) is 2.77. The molecule has 1 atom stereocenters. The first kappa shape index (κ1) is 12.2. The predicted octanol–water partition coefficient (Wildman–Crippen LogP) is 4.34. The number of aryl methyl sites for hydroxylation is 2. The Balaban J connectivity index is 2.37. The third kappa shape index (κ3) is 2.55. The second-order valence-electron chi connectivity index (χ2n) is 4.56. The molecule has 0 aliphatic heterocycles. The zero-order valence-electron chi connectivity index (χ0n) is 10.8. The van der Waals surface area contributed by atoms with E-state index >= 15 is 0 Å². The van der Waals surface area contributed by atoms with Gasteiger partial charge in [0.25, 0.3) is 0 Å². The van der Waals surface area contributed by atoms with Gasteiger partial charge in [0.1, 0.15) is 10.7 Å². The van der Waals surface area contributed by atoms with E-state index in [1.807, 2.05) is 6.20 Å². The molecule has 0 saturated heterocycles. The number of hydrogen-bond acceptors (Lipinski definition) is 3. The molecular formula is C14H18N2S. The molecule has 0 spiro atoms. The molecule has 0 amide bonds. The van der Waals surface area contributed by atoms with Crippen LogP contribution in [0.25, 0.3) is 10.7 Å². The zero-order chi connectivity index (χ0) is 12.4. The minimum Gasteiger partial charge on any atom is -0.253 e. The summed E-state index contributed by atoms with van der Waals surface area (Å²) in [6.07, 6.45) is 3.04. The second kappa shape index (κ2) is 4.96. The molecule has 2 aromatic rings. The average molecular weight is 246 g/mol. The number of pyridine rings is 1. The van der Waals surface area contributed by atoms with E-state index in [-0.39, 0.29) is 0 Å². The Morgan fingerprint density at radius 2 is 2.12 bits per heavy atom. The first-order valence-electron chi connectivity index (χ1n) is 6.00. The highest BCUT2D eigenvalue weighted by molar-refractivity contribution is 7.13. The van der Waals surface area contributed by atoms with Crippen LogP contribution in [-0.4, -0.2) is 9.97 Å².